The van der Waals surface area contributed by atoms with Crippen LogP contribution in [0.4, 0.5) is 0 Å². The van der Waals surface area contributed by atoms with Gasteiger partial charge in [0.05, 0.1) is 17.7 Å². The maximum atomic E-state index is 10.3. The fourth-order valence-electron chi connectivity index (χ4n) is 5.94. The fraction of sp³-hybridized carbons (Fsp3) is 0.348. The minimum absolute atomic E-state index is 0.134. The highest BCUT2D eigenvalue weighted by atomic mass is 16.6. The molecule has 0 amide bonds. The predicted molar refractivity (Wildman–Crippen MR) is 226 cm³/mol. The summed E-state index contributed by atoms with van der Waals surface area (Å²) in [6, 6.07) is 35.0. The molecule has 7 rings (SSSR count). The number of nitriles is 2. The third-order valence-electron chi connectivity index (χ3n) is 8.72. The zero-order chi connectivity index (χ0) is 41.3. The summed E-state index contributed by atoms with van der Waals surface area (Å²) in [6.45, 7) is 12.1. The molecule has 57 heavy (non-hydrogen) atoms. The molecule has 1 saturated heterocycles. The van der Waals surface area contributed by atoms with Gasteiger partial charge in [-0.2, -0.15) is 10.5 Å². The first-order valence-electron chi connectivity index (χ1n) is 19.1. The number of fused-ring (bicyclic) bond motifs is 2. The van der Waals surface area contributed by atoms with Crippen LogP contribution in [-0.2, 0) is 17.6 Å². The van der Waals surface area contributed by atoms with E-state index in [2.05, 4.69) is 91.6 Å². The number of rotatable bonds is 13. The summed E-state index contributed by atoms with van der Waals surface area (Å²) < 4.78 is 16.0. The Morgan fingerprint density at radius 3 is 1.74 bits per heavy atom. The van der Waals surface area contributed by atoms with Crippen molar-refractivity contribution in [3.8, 4) is 23.6 Å². The van der Waals surface area contributed by atoms with Crippen molar-refractivity contribution in [1.29, 1.82) is 10.5 Å². The van der Waals surface area contributed by atoms with E-state index >= 15 is 0 Å². The van der Waals surface area contributed by atoms with Gasteiger partial charge in [-0.1, -0.05) is 60.7 Å². The molecule has 6 aromatic rings. The number of nitrogens with zero attached hydrogens (tertiary/aromatic N) is 2. The van der Waals surface area contributed by atoms with E-state index in [1.54, 1.807) is 37.3 Å². The summed E-state index contributed by atoms with van der Waals surface area (Å²) in [6.07, 6.45) is 5.40. The van der Waals surface area contributed by atoms with Crippen molar-refractivity contribution >= 4 is 21.8 Å². The summed E-state index contributed by atoms with van der Waals surface area (Å²) in [5, 5.41) is 41.6. The highest BCUT2D eigenvalue weighted by Gasteiger charge is 2.24. The second-order valence-corrected chi connectivity index (χ2v) is 15.1. The lowest BCUT2D eigenvalue weighted by Crippen LogP contribution is -2.46. The molecule has 0 bridgehead atoms. The number of aromatic amines is 2. The Bertz CT molecular complexity index is 2200. The van der Waals surface area contributed by atoms with Crippen LogP contribution in [0.2, 0.25) is 0 Å². The molecular weight excluding hydrogens is 717 g/mol. The van der Waals surface area contributed by atoms with Crippen molar-refractivity contribution in [1.82, 2.24) is 15.3 Å². The zero-order valence-corrected chi connectivity index (χ0v) is 33.6. The topological polar surface area (TPSA) is 189 Å². The number of nitrogens with two attached hydrogens (primary N) is 1. The van der Waals surface area contributed by atoms with E-state index in [1.807, 2.05) is 42.6 Å². The van der Waals surface area contributed by atoms with Gasteiger partial charge in [0, 0.05) is 58.4 Å². The van der Waals surface area contributed by atoms with Crippen LogP contribution in [0, 0.1) is 22.7 Å². The molecule has 2 aromatic heterocycles. The first kappa shape index (κ1) is 44.1. The van der Waals surface area contributed by atoms with Gasteiger partial charge in [0.2, 0.25) is 0 Å². The first-order valence-corrected chi connectivity index (χ1v) is 19.1. The van der Waals surface area contributed by atoms with Crippen molar-refractivity contribution < 1.29 is 24.4 Å². The quantitative estimate of drug-likeness (QED) is 0.0662. The minimum Gasteiger partial charge on any atom is -0.489 e. The molecule has 0 unspecified atom stereocenters. The molecule has 1 aliphatic heterocycles. The van der Waals surface area contributed by atoms with Crippen LogP contribution in [0.15, 0.2) is 109 Å². The maximum Gasteiger partial charge on any atom is 0.137 e. The predicted octanol–water partition coefficient (Wildman–Crippen LogP) is 7.17. The second-order valence-electron chi connectivity index (χ2n) is 15.1. The number of aliphatic hydroxyl groups is 2. The minimum atomic E-state index is -0.668. The zero-order valence-electron chi connectivity index (χ0n) is 33.6. The summed E-state index contributed by atoms with van der Waals surface area (Å²) >= 11 is 0. The first-order chi connectivity index (χ1) is 27.4. The summed E-state index contributed by atoms with van der Waals surface area (Å²) in [5.41, 5.74) is 11.6. The molecule has 11 nitrogen and oxygen atoms in total. The van der Waals surface area contributed by atoms with Crippen molar-refractivity contribution in [2.24, 2.45) is 5.73 Å². The molecule has 11 heteroatoms. The normalized spacial score (nSPS) is 13.7. The molecule has 0 radical (unpaired) electrons. The molecule has 2 atom stereocenters. The number of hydrogen-bond donors (Lipinski definition) is 6. The Balaban J connectivity index is 0.000000200. The number of nitrogens with one attached hydrogen (secondary N) is 3. The smallest absolute Gasteiger partial charge is 0.137 e. The van der Waals surface area contributed by atoms with E-state index in [0.29, 0.717) is 35.8 Å². The van der Waals surface area contributed by atoms with Crippen molar-refractivity contribution in [2.45, 2.75) is 70.7 Å². The van der Waals surface area contributed by atoms with Crippen molar-refractivity contribution in [2.75, 3.05) is 33.0 Å². The van der Waals surface area contributed by atoms with Gasteiger partial charge in [-0.05, 0) is 95.0 Å². The van der Waals surface area contributed by atoms with Gasteiger partial charge in [0.25, 0.3) is 0 Å². The molecule has 7 N–H and O–H groups in total. The standard InChI is InChI=1S/C22H25N3O2.C12H16N2.C10H9NO2.C2H6O/c1-22(2,11-17-13-24-20-9-5-4-8-19(17)20)25-14-18(26)15-27-21-10-6-3-7-16(21)12-23;1-12(2,13)7-9-8-14-11-6-4-3-5-10(9)11;11-5-8-3-1-2-4-10(8)13-7-9-6-12-9;1-2-3/h3-10,13,18,24-26H,11,14-15H2,1-2H3;3-6,8,14H,7,13H2,1-2H3;1-4,9H,6-7H2;3H,2H2,1H3/t18-;;9-;/m0.0./s1. The number of epoxide rings is 1. The number of ether oxygens (including phenoxy) is 3. The number of para-hydroxylation sites is 4. The second kappa shape index (κ2) is 21.6. The average molecular weight is 773 g/mol. The van der Waals surface area contributed by atoms with E-state index in [1.165, 1.54) is 27.4 Å². The highest BCUT2D eigenvalue weighted by Crippen LogP contribution is 2.24. The maximum absolute atomic E-state index is 10.3. The third kappa shape index (κ3) is 14.7. The van der Waals surface area contributed by atoms with Gasteiger partial charge in [0.15, 0.2) is 0 Å². The van der Waals surface area contributed by atoms with Crippen LogP contribution in [-0.4, -0.2) is 76.4 Å². The van der Waals surface area contributed by atoms with Crippen LogP contribution in [0.5, 0.6) is 11.5 Å². The van der Waals surface area contributed by atoms with Crippen LogP contribution in [0.1, 0.15) is 56.9 Å². The average Bonchev–Trinajstić information content (AvgIpc) is 3.84. The van der Waals surface area contributed by atoms with Crippen molar-refractivity contribution in [3.63, 3.8) is 0 Å². The number of benzene rings is 4. The number of hydrogen-bond acceptors (Lipinski definition) is 9. The van der Waals surface area contributed by atoms with Crippen LogP contribution in [0.25, 0.3) is 21.8 Å². The van der Waals surface area contributed by atoms with Crippen LogP contribution in [0.3, 0.4) is 0 Å². The van der Waals surface area contributed by atoms with Gasteiger partial charge in [0.1, 0.15) is 49.1 Å². The molecule has 1 fully saturated rings. The highest BCUT2D eigenvalue weighted by molar-refractivity contribution is 5.83. The number of β-amino-alcohol motifs (C(OH)–C–C–N with tert-alkyl or cyclic N) is 1. The molecule has 300 valence electrons. The van der Waals surface area contributed by atoms with Crippen molar-refractivity contribution in [3.05, 3.63) is 132 Å². The van der Waals surface area contributed by atoms with Gasteiger partial charge in [-0.25, -0.2) is 0 Å². The SMILES string of the molecule is CC(C)(Cc1c[nH]c2ccccc12)NC[C@H](O)COc1ccccc1C#N.CC(C)(N)Cc1c[nH]c2ccccc12.CCO.N#Cc1ccccc1OC[C@@H]1CO1. The van der Waals surface area contributed by atoms with E-state index < -0.39 is 6.10 Å². The lowest BCUT2D eigenvalue weighted by atomic mass is 9.94. The van der Waals surface area contributed by atoms with E-state index in [0.717, 1.165) is 25.0 Å². The summed E-state index contributed by atoms with van der Waals surface area (Å²) in [7, 11) is 0. The molecule has 0 spiro atoms. The van der Waals surface area contributed by atoms with Gasteiger partial charge >= 0.3 is 0 Å². The van der Waals surface area contributed by atoms with Gasteiger partial charge in [-0.3, -0.25) is 0 Å². The van der Waals surface area contributed by atoms with Crippen LogP contribution >= 0.6 is 0 Å². The molecule has 4 aromatic carbocycles. The Morgan fingerprint density at radius 1 is 0.789 bits per heavy atom. The van der Waals surface area contributed by atoms with E-state index in [4.69, 9.17) is 35.6 Å². The molecule has 0 aliphatic carbocycles. The molecule has 1 aliphatic rings. The number of H-pyrrole nitrogens is 2. The summed E-state index contributed by atoms with van der Waals surface area (Å²) in [4.78, 5) is 6.56. The van der Waals surface area contributed by atoms with E-state index in [9.17, 15) is 5.11 Å². The van der Waals surface area contributed by atoms with Gasteiger partial charge in [-0.15, -0.1) is 0 Å². The number of aromatic nitrogens is 2. The van der Waals surface area contributed by atoms with Gasteiger partial charge < -0.3 is 45.4 Å². The molecular formula is C46H56N6O5. The molecule has 3 heterocycles. The Labute approximate surface area is 336 Å². The lowest BCUT2D eigenvalue weighted by Gasteiger charge is -2.28. The number of aliphatic hydroxyl groups excluding tert-OH is 2. The summed E-state index contributed by atoms with van der Waals surface area (Å²) in [5.74, 6) is 1.14. The molecule has 0 saturated carbocycles. The fourth-order valence-corrected chi connectivity index (χ4v) is 5.94. The monoisotopic (exact) mass is 772 g/mol. The Kier molecular flexibility index (Phi) is 16.7. The largest absolute Gasteiger partial charge is 0.489 e. The Morgan fingerprint density at radius 2 is 1.25 bits per heavy atom. The lowest BCUT2D eigenvalue weighted by molar-refractivity contribution is 0.0987. The van der Waals surface area contributed by atoms with E-state index in [-0.39, 0.29) is 30.4 Å². The van der Waals surface area contributed by atoms with Crippen LogP contribution < -0.4 is 20.5 Å². The Hall–Kier alpha value is -5.66. The third-order valence-corrected chi connectivity index (χ3v) is 8.72.